The first kappa shape index (κ1) is 37.9. The van der Waals surface area contributed by atoms with Gasteiger partial charge in [0.1, 0.15) is 24.3 Å². The fourth-order valence-electron chi connectivity index (χ4n) is 5.11. The number of hydrogen-bond donors (Lipinski definition) is 1. The fourth-order valence-corrected chi connectivity index (χ4v) is 5.11. The van der Waals surface area contributed by atoms with Crippen LogP contribution in [-0.4, -0.2) is 45.7 Å². The highest BCUT2D eigenvalue weighted by molar-refractivity contribution is 5.94. The van der Waals surface area contributed by atoms with E-state index >= 15 is 0 Å². The summed E-state index contributed by atoms with van der Waals surface area (Å²) in [6, 6.07) is 6.41. The molecule has 1 unspecified atom stereocenters. The van der Waals surface area contributed by atoms with E-state index in [9.17, 15) is 36.7 Å². The van der Waals surface area contributed by atoms with E-state index in [4.69, 9.17) is 9.47 Å². The van der Waals surface area contributed by atoms with Crippen LogP contribution in [0.15, 0.2) is 41.2 Å². The third-order valence-corrected chi connectivity index (χ3v) is 7.25. The average molecular weight is 676 g/mol. The molecule has 0 fully saturated rings. The number of carbonyl (C=O) groups excluding carboxylic acids is 3. The lowest BCUT2D eigenvalue weighted by atomic mass is 9.82. The Morgan fingerprint density at radius 1 is 0.938 bits per heavy atom. The number of rotatable bonds is 12. The van der Waals surface area contributed by atoms with Crippen molar-refractivity contribution in [2.45, 2.75) is 97.8 Å². The summed E-state index contributed by atoms with van der Waals surface area (Å²) in [5.74, 6) is -11.6. The van der Waals surface area contributed by atoms with Gasteiger partial charge in [0.05, 0.1) is 12.1 Å². The van der Waals surface area contributed by atoms with E-state index in [1.165, 1.54) is 0 Å². The molecule has 48 heavy (non-hydrogen) atoms. The number of Topliss-reactive ketones (excluding diaryl/α,β-unsaturated/α-hetero) is 1. The molecule has 0 bridgehead atoms. The molecule has 0 saturated heterocycles. The molecule has 2 atom stereocenters. The lowest BCUT2D eigenvalue weighted by Gasteiger charge is -2.25. The van der Waals surface area contributed by atoms with Crippen LogP contribution in [0.3, 0.4) is 0 Å². The molecule has 3 rings (SSSR count). The number of aromatic nitrogens is 2. The van der Waals surface area contributed by atoms with Crippen molar-refractivity contribution in [3.63, 3.8) is 0 Å². The van der Waals surface area contributed by atoms with Gasteiger partial charge in [-0.1, -0.05) is 52.0 Å². The SMILES string of the molecule is CCC(C(=O)N[C@@H](CC(=O)OC(C)(C)C)C(=O)COc1c(F)c(F)cc(F)c1F)n1nc(C)cc(Cc2ccccc2C(C)(C)C)c1=O. The minimum atomic E-state index is -1.87. The lowest BCUT2D eigenvalue weighted by molar-refractivity contribution is -0.156. The summed E-state index contributed by atoms with van der Waals surface area (Å²) in [5, 5.41) is 6.71. The predicted octanol–water partition coefficient (Wildman–Crippen LogP) is 5.81. The molecule has 0 aliphatic carbocycles. The maximum absolute atomic E-state index is 14.2. The average Bonchev–Trinajstić information content (AvgIpc) is 2.97. The summed E-state index contributed by atoms with van der Waals surface area (Å²) in [5.41, 5.74) is 1.08. The molecule has 0 spiro atoms. The number of ether oxygens (including phenoxy) is 2. The molecule has 0 saturated carbocycles. The topological polar surface area (TPSA) is 117 Å². The van der Waals surface area contributed by atoms with Gasteiger partial charge < -0.3 is 14.8 Å². The summed E-state index contributed by atoms with van der Waals surface area (Å²) in [6.45, 7) is 13.0. The zero-order valence-corrected chi connectivity index (χ0v) is 28.3. The third-order valence-electron chi connectivity index (χ3n) is 7.25. The lowest BCUT2D eigenvalue weighted by Crippen LogP contribution is -2.49. The summed E-state index contributed by atoms with van der Waals surface area (Å²) in [4.78, 5) is 53.3. The molecular formula is C35H41F4N3O6. The summed E-state index contributed by atoms with van der Waals surface area (Å²) >= 11 is 0. The fraction of sp³-hybridized carbons (Fsp3) is 0.457. The van der Waals surface area contributed by atoms with Gasteiger partial charge in [-0.2, -0.15) is 13.9 Å². The second-order valence-corrected chi connectivity index (χ2v) is 13.5. The standard InChI is InChI=1S/C35H41F4N3O6/c1-9-26(42-33(46)21(14-19(2)41-42)15-20-12-10-11-13-22(20)34(3,4)5)32(45)40-25(17-28(44)48-35(6,7)8)27(43)18-47-31-29(38)23(36)16-24(37)30(31)39/h10-14,16,25-26H,9,15,17-18H2,1-8H3,(H,40,45)/t25-,26?/m0/s1. The van der Waals surface area contributed by atoms with Crippen LogP contribution in [0, 0.1) is 30.2 Å². The van der Waals surface area contributed by atoms with Gasteiger partial charge in [-0.3, -0.25) is 19.2 Å². The molecule has 1 amide bonds. The van der Waals surface area contributed by atoms with Crippen LogP contribution < -0.4 is 15.6 Å². The Balaban J connectivity index is 1.94. The Morgan fingerprint density at radius 3 is 2.10 bits per heavy atom. The van der Waals surface area contributed by atoms with Crippen molar-refractivity contribution >= 4 is 17.7 Å². The summed E-state index contributed by atoms with van der Waals surface area (Å²) < 4.78 is 66.8. The van der Waals surface area contributed by atoms with Gasteiger partial charge in [0.25, 0.3) is 5.56 Å². The van der Waals surface area contributed by atoms with Crippen LogP contribution in [0.25, 0.3) is 0 Å². The van der Waals surface area contributed by atoms with Crippen LogP contribution >= 0.6 is 0 Å². The molecule has 1 N–H and O–H groups in total. The number of nitrogens with zero attached hydrogens (tertiary/aromatic N) is 2. The van der Waals surface area contributed by atoms with Crippen molar-refractivity contribution in [2.75, 3.05) is 6.61 Å². The van der Waals surface area contributed by atoms with Crippen molar-refractivity contribution in [3.8, 4) is 5.75 Å². The molecule has 9 nitrogen and oxygen atoms in total. The number of hydrogen-bond acceptors (Lipinski definition) is 7. The van der Waals surface area contributed by atoms with Crippen molar-refractivity contribution in [1.29, 1.82) is 0 Å². The van der Waals surface area contributed by atoms with Crippen LogP contribution in [0.4, 0.5) is 17.6 Å². The number of carbonyl (C=O) groups is 3. The van der Waals surface area contributed by atoms with E-state index in [2.05, 4.69) is 31.2 Å². The largest absolute Gasteiger partial charge is 0.479 e. The first-order chi connectivity index (χ1) is 22.2. The molecule has 260 valence electrons. The third kappa shape index (κ3) is 9.51. The van der Waals surface area contributed by atoms with Gasteiger partial charge >= 0.3 is 5.97 Å². The van der Waals surface area contributed by atoms with E-state index < -0.39 is 82.9 Å². The number of halogens is 4. The van der Waals surface area contributed by atoms with Crippen molar-refractivity contribution < 1.29 is 41.4 Å². The molecule has 13 heteroatoms. The van der Waals surface area contributed by atoms with Gasteiger partial charge in [-0.25, -0.2) is 13.5 Å². The van der Waals surface area contributed by atoms with Crippen molar-refractivity contribution in [3.05, 3.63) is 92.4 Å². The van der Waals surface area contributed by atoms with Gasteiger partial charge in [-0.15, -0.1) is 0 Å². The Bertz CT molecular complexity index is 1720. The molecule has 0 aliphatic heterocycles. The molecule has 0 radical (unpaired) electrons. The Morgan fingerprint density at radius 2 is 1.54 bits per heavy atom. The molecular weight excluding hydrogens is 634 g/mol. The Labute approximate surface area is 276 Å². The number of esters is 1. The second-order valence-electron chi connectivity index (χ2n) is 13.5. The van der Waals surface area contributed by atoms with E-state index in [-0.39, 0.29) is 24.3 Å². The first-order valence-electron chi connectivity index (χ1n) is 15.4. The summed E-state index contributed by atoms with van der Waals surface area (Å²) in [7, 11) is 0. The van der Waals surface area contributed by atoms with E-state index in [0.29, 0.717) is 11.3 Å². The van der Waals surface area contributed by atoms with Gasteiger partial charge in [0, 0.05) is 18.1 Å². The maximum Gasteiger partial charge on any atom is 0.308 e. The first-order valence-corrected chi connectivity index (χ1v) is 15.4. The van der Waals surface area contributed by atoms with Crippen molar-refractivity contribution in [1.82, 2.24) is 15.1 Å². The van der Waals surface area contributed by atoms with E-state index in [1.54, 1.807) is 40.7 Å². The number of aryl methyl sites for hydroxylation is 1. The van der Waals surface area contributed by atoms with Gasteiger partial charge in [0.2, 0.25) is 17.5 Å². The Kier molecular flexibility index (Phi) is 11.9. The quantitative estimate of drug-likeness (QED) is 0.146. The van der Waals surface area contributed by atoms with Crippen LogP contribution in [-0.2, 0) is 31.0 Å². The maximum atomic E-state index is 14.2. The highest BCUT2D eigenvalue weighted by Gasteiger charge is 2.32. The number of amides is 1. The molecule has 1 heterocycles. The van der Waals surface area contributed by atoms with Crippen LogP contribution in [0.1, 0.15) is 89.7 Å². The molecule has 0 aliphatic rings. The molecule has 3 aromatic rings. The monoisotopic (exact) mass is 675 g/mol. The number of ketones is 1. The minimum absolute atomic E-state index is 0.0220. The Hall–Kier alpha value is -4.55. The van der Waals surface area contributed by atoms with Crippen molar-refractivity contribution in [2.24, 2.45) is 0 Å². The normalized spacial score (nSPS) is 13.1. The number of benzene rings is 2. The van der Waals surface area contributed by atoms with Crippen LogP contribution in [0.5, 0.6) is 5.75 Å². The zero-order chi connectivity index (χ0) is 36.1. The predicted molar refractivity (Wildman–Crippen MR) is 170 cm³/mol. The number of nitrogens with one attached hydrogen (secondary N) is 1. The molecule has 2 aromatic carbocycles. The highest BCUT2D eigenvalue weighted by Crippen LogP contribution is 2.28. The second kappa shape index (κ2) is 15.1. The van der Waals surface area contributed by atoms with E-state index in [1.807, 2.05) is 24.3 Å². The zero-order valence-electron chi connectivity index (χ0n) is 28.3. The van der Waals surface area contributed by atoms with E-state index in [0.717, 1.165) is 15.8 Å². The smallest absolute Gasteiger partial charge is 0.308 e. The van der Waals surface area contributed by atoms with Gasteiger partial charge in [-0.05, 0) is 56.7 Å². The van der Waals surface area contributed by atoms with Crippen LogP contribution in [0.2, 0.25) is 0 Å². The minimum Gasteiger partial charge on any atom is -0.479 e. The molecule has 1 aromatic heterocycles. The van der Waals surface area contributed by atoms with Gasteiger partial charge in [0.15, 0.2) is 23.2 Å². The highest BCUT2D eigenvalue weighted by atomic mass is 19.2. The summed E-state index contributed by atoms with van der Waals surface area (Å²) in [6.07, 6.45) is -0.420.